The fraction of sp³-hybridized carbons (Fsp3) is 0.841. The van der Waals surface area contributed by atoms with E-state index >= 15 is 0 Å². The molecule has 0 aromatic carbocycles. The molecule has 1 saturated heterocycles. The smallest absolute Gasteiger partial charge is 0.293 e. The van der Waals surface area contributed by atoms with E-state index in [1.54, 1.807) is 0 Å². The minimum atomic E-state index is -0.969. The maximum absolute atomic E-state index is 14.0. The molecule has 0 amide bonds. The monoisotopic (exact) mass is 677 g/mol. The number of likely N-dealkylation sites (tertiary alicyclic amines) is 1. The summed E-state index contributed by atoms with van der Waals surface area (Å²) in [5.74, 6) is 3.47. The molecule has 7 aliphatic rings. The van der Waals surface area contributed by atoms with E-state index in [9.17, 15) is 9.18 Å². The second-order valence-corrected chi connectivity index (χ2v) is 19.7. The molecule has 6 aliphatic carbocycles. The normalized spacial score (nSPS) is 46.3. The van der Waals surface area contributed by atoms with Crippen molar-refractivity contribution in [2.24, 2.45) is 51.2 Å². The first-order valence-corrected chi connectivity index (χ1v) is 20.5. The lowest BCUT2D eigenvalue weighted by Crippen LogP contribution is -2.68. The van der Waals surface area contributed by atoms with Crippen molar-refractivity contribution < 1.29 is 13.9 Å². The van der Waals surface area contributed by atoms with Gasteiger partial charge in [-0.05, 0) is 166 Å². The number of ether oxygens (including phenoxy) is 1. The van der Waals surface area contributed by atoms with Crippen LogP contribution in [0.4, 0.5) is 4.39 Å². The molecule has 0 spiro atoms. The molecule has 0 radical (unpaired) electrons. The van der Waals surface area contributed by atoms with Crippen LogP contribution in [0.5, 0.6) is 0 Å². The Labute approximate surface area is 298 Å². The van der Waals surface area contributed by atoms with Gasteiger partial charge in [0.05, 0.1) is 0 Å². The molecule has 10 atom stereocenters. The summed E-state index contributed by atoms with van der Waals surface area (Å²) in [4.78, 5) is 13.9. The highest BCUT2D eigenvalue weighted by atomic mass is 19.1. The number of carbonyl (C=O) groups excluding carboxylic acids is 1. The maximum Gasteiger partial charge on any atom is 0.293 e. The predicted molar refractivity (Wildman–Crippen MR) is 199 cm³/mol. The Hall–Kier alpha value is -1.46. The Morgan fingerprint density at radius 1 is 0.939 bits per heavy atom. The van der Waals surface area contributed by atoms with Crippen LogP contribution < -0.4 is 5.32 Å². The zero-order valence-electron chi connectivity index (χ0n) is 32.1. The van der Waals surface area contributed by atoms with Crippen molar-refractivity contribution in [1.29, 1.82) is 0 Å². The van der Waals surface area contributed by atoms with Gasteiger partial charge in [-0.15, -0.1) is 0 Å². The van der Waals surface area contributed by atoms with Gasteiger partial charge < -0.3 is 15.0 Å². The molecular formula is C44H69FN2O2. The van der Waals surface area contributed by atoms with Gasteiger partial charge in [0, 0.05) is 25.0 Å². The Morgan fingerprint density at radius 3 is 2.39 bits per heavy atom. The molecule has 5 heteroatoms. The zero-order chi connectivity index (χ0) is 34.9. The van der Waals surface area contributed by atoms with Crippen LogP contribution in [0.1, 0.15) is 138 Å². The summed E-state index contributed by atoms with van der Waals surface area (Å²) < 4.78 is 19.3. The van der Waals surface area contributed by atoms with Gasteiger partial charge in [-0.1, -0.05) is 65.3 Å². The number of nitrogens with zero attached hydrogens (tertiary/aromatic N) is 1. The summed E-state index contributed by atoms with van der Waals surface area (Å²) >= 11 is 0. The van der Waals surface area contributed by atoms with E-state index in [0.29, 0.717) is 47.9 Å². The van der Waals surface area contributed by atoms with Gasteiger partial charge >= 0.3 is 0 Å². The third-order valence-electron chi connectivity index (χ3n) is 17.5. The van der Waals surface area contributed by atoms with Crippen LogP contribution in [0.3, 0.4) is 0 Å². The molecule has 0 unspecified atom stereocenters. The number of nitrogens with one attached hydrogen (secondary N) is 1. The first kappa shape index (κ1) is 35.9. The summed E-state index contributed by atoms with van der Waals surface area (Å²) in [5.41, 5.74) is 4.63. The third kappa shape index (κ3) is 5.50. The largest absolute Gasteiger partial charge is 0.458 e. The molecule has 4 nitrogen and oxygen atoms in total. The number of allylic oxidation sites excluding steroid dienone is 4. The summed E-state index contributed by atoms with van der Waals surface area (Å²) in [6, 6.07) is 0. The number of rotatable bonds is 9. The highest BCUT2D eigenvalue weighted by Gasteiger charge is 2.70. The molecule has 5 fully saturated rings. The highest BCUT2D eigenvalue weighted by molar-refractivity contribution is 5.43. The van der Waals surface area contributed by atoms with Crippen LogP contribution in [0.25, 0.3) is 0 Å². The summed E-state index contributed by atoms with van der Waals surface area (Å²) in [7, 11) is 0. The van der Waals surface area contributed by atoms with Crippen molar-refractivity contribution in [2.75, 3.05) is 32.9 Å². The predicted octanol–water partition coefficient (Wildman–Crippen LogP) is 10.00. The third-order valence-corrected chi connectivity index (χ3v) is 17.5. The van der Waals surface area contributed by atoms with Crippen LogP contribution in [0.15, 0.2) is 35.5 Å². The molecule has 7 rings (SSSR count). The van der Waals surface area contributed by atoms with E-state index in [1.807, 2.05) is 0 Å². The van der Waals surface area contributed by atoms with Crippen LogP contribution in [0.2, 0.25) is 0 Å². The number of halogens is 1. The van der Waals surface area contributed by atoms with Crippen LogP contribution in [-0.2, 0) is 9.53 Å². The standard InChI is InChI=1S/C44H69FN2O2/c1-31(2)33-15-22-44(46-25-28-47-26-9-8-10-27-47)24-23-41(6)35(38(33)44)11-12-37-40(5)18-16-34(39(3,4)36(40)17-19-42(37,41)7)32-13-20-43(29-45,21-14-32)49-30-48/h13,16,30,33,35-38,46H,1,8-12,14-15,17-29H2,2-7H3/t33-,35+,36-,37+,38+,40-,41+,42+,43+,44-/m0/s1. The molecule has 1 heterocycles. The van der Waals surface area contributed by atoms with E-state index in [0.717, 1.165) is 31.2 Å². The molecule has 274 valence electrons. The fourth-order valence-electron chi connectivity index (χ4n) is 14.7. The van der Waals surface area contributed by atoms with Gasteiger partial charge in [0.1, 0.15) is 12.3 Å². The Morgan fingerprint density at radius 2 is 1.71 bits per heavy atom. The van der Waals surface area contributed by atoms with E-state index < -0.39 is 12.3 Å². The number of carbonyl (C=O) groups is 1. The molecular weight excluding hydrogens is 607 g/mol. The van der Waals surface area contributed by atoms with Gasteiger partial charge in [0.2, 0.25) is 0 Å². The van der Waals surface area contributed by atoms with Crippen LogP contribution in [-0.4, -0.2) is 55.4 Å². The van der Waals surface area contributed by atoms with Crippen molar-refractivity contribution in [3.63, 3.8) is 0 Å². The first-order valence-electron chi connectivity index (χ1n) is 20.5. The van der Waals surface area contributed by atoms with Crippen molar-refractivity contribution in [3.8, 4) is 0 Å². The summed E-state index contributed by atoms with van der Waals surface area (Å²) in [5, 5.41) is 4.34. The van der Waals surface area contributed by atoms with E-state index in [1.165, 1.54) is 107 Å². The van der Waals surface area contributed by atoms with Crippen LogP contribution in [0, 0.1) is 51.2 Å². The van der Waals surface area contributed by atoms with Crippen molar-refractivity contribution in [2.45, 2.75) is 149 Å². The Kier molecular flexibility index (Phi) is 9.45. The van der Waals surface area contributed by atoms with Crippen molar-refractivity contribution >= 4 is 6.47 Å². The minimum Gasteiger partial charge on any atom is -0.458 e. The number of fused-ring (bicyclic) bond motifs is 7. The second kappa shape index (κ2) is 12.9. The SMILES string of the molecule is C=C(C)[C@@H]1CC[C@]2(NCCN3CCCCC3)CC[C@]3(C)[C@H](CC[C@@H]4[C@@]5(C)CC=C(C6=CC[C@@](CF)(OC=O)CC6)C(C)(C)[C@@H]5CC[C@]43C)[C@@H]12. The summed E-state index contributed by atoms with van der Waals surface area (Å²) in [6.07, 6.45) is 22.6. The number of hydrogen-bond donors (Lipinski definition) is 1. The van der Waals surface area contributed by atoms with E-state index in [4.69, 9.17) is 4.74 Å². The zero-order valence-corrected chi connectivity index (χ0v) is 32.1. The van der Waals surface area contributed by atoms with E-state index in [2.05, 4.69) is 70.5 Å². The highest BCUT2D eigenvalue weighted by Crippen LogP contribution is 2.76. The summed E-state index contributed by atoms with van der Waals surface area (Å²) in [6.45, 7) is 24.9. The lowest BCUT2D eigenvalue weighted by atomic mass is 9.33. The number of hydrogen-bond acceptors (Lipinski definition) is 4. The van der Waals surface area contributed by atoms with Gasteiger partial charge in [0.25, 0.3) is 6.47 Å². The van der Waals surface area contributed by atoms with E-state index in [-0.39, 0.29) is 16.4 Å². The Balaban J connectivity index is 1.14. The quantitative estimate of drug-likeness (QED) is 0.195. The lowest BCUT2D eigenvalue weighted by molar-refractivity contribution is -0.221. The average molecular weight is 677 g/mol. The lowest BCUT2D eigenvalue weighted by Gasteiger charge is -2.72. The number of piperidine rings is 1. The maximum atomic E-state index is 14.0. The van der Waals surface area contributed by atoms with Gasteiger partial charge in [-0.25, -0.2) is 4.39 Å². The topological polar surface area (TPSA) is 41.6 Å². The molecule has 4 saturated carbocycles. The van der Waals surface area contributed by atoms with Crippen LogP contribution >= 0.6 is 0 Å². The number of alkyl halides is 1. The molecule has 0 bridgehead atoms. The van der Waals surface area contributed by atoms with Gasteiger partial charge in [-0.2, -0.15) is 0 Å². The first-order chi connectivity index (χ1) is 23.3. The van der Waals surface area contributed by atoms with Crippen molar-refractivity contribution in [1.82, 2.24) is 10.2 Å². The molecule has 0 aromatic heterocycles. The molecule has 49 heavy (non-hydrogen) atoms. The molecule has 1 aliphatic heterocycles. The average Bonchev–Trinajstić information content (AvgIpc) is 3.46. The molecule has 0 aromatic rings. The Bertz CT molecular complexity index is 1350. The van der Waals surface area contributed by atoms with Gasteiger partial charge in [-0.3, -0.25) is 4.79 Å². The minimum absolute atomic E-state index is 0.0651. The van der Waals surface area contributed by atoms with Crippen molar-refractivity contribution in [3.05, 3.63) is 35.5 Å². The fourth-order valence-corrected chi connectivity index (χ4v) is 14.7. The van der Waals surface area contributed by atoms with Gasteiger partial charge in [0.15, 0.2) is 0 Å². The second-order valence-electron chi connectivity index (χ2n) is 19.7. The molecule has 1 N–H and O–H groups in total.